The van der Waals surface area contributed by atoms with E-state index in [4.69, 9.17) is 21.1 Å². The molecule has 0 aliphatic carbocycles. The number of halogens is 1. The normalized spacial score (nSPS) is 18.6. The fourth-order valence-corrected chi connectivity index (χ4v) is 3.27. The zero-order chi connectivity index (χ0) is 16.2. The number of amides is 1. The standard InChI is InChI=1S/C17H23ClN2O3/c1-2-19-4-6-20(7-5-19)16(21)12-13-10-14(18)17-15(11-13)22-8-3-9-23-17/h10-11H,2-9,12H2,1H3. The maximum Gasteiger partial charge on any atom is 0.227 e. The first-order valence-corrected chi connectivity index (χ1v) is 8.63. The summed E-state index contributed by atoms with van der Waals surface area (Å²) in [6.07, 6.45) is 1.18. The molecule has 2 aliphatic heterocycles. The maximum absolute atomic E-state index is 12.5. The van der Waals surface area contributed by atoms with Gasteiger partial charge in [-0.2, -0.15) is 0 Å². The van der Waals surface area contributed by atoms with E-state index in [2.05, 4.69) is 11.8 Å². The lowest BCUT2D eigenvalue weighted by Crippen LogP contribution is -2.48. The molecule has 0 saturated carbocycles. The number of likely N-dealkylation sites (N-methyl/N-ethyl adjacent to an activating group) is 1. The quantitative estimate of drug-likeness (QED) is 0.847. The maximum atomic E-state index is 12.5. The lowest BCUT2D eigenvalue weighted by atomic mass is 10.1. The number of rotatable bonds is 3. The summed E-state index contributed by atoms with van der Waals surface area (Å²) in [6.45, 7) is 7.90. The van der Waals surface area contributed by atoms with E-state index in [1.807, 2.05) is 17.0 Å². The van der Waals surface area contributed by atoms with Crippen LogP contribution in [0.4, 0.5) is 0 Å². The van der Waals surface area contributed by atoms with Crippen LogP contribution >= 0.6 is 11.6 Å². The minimum absolute atomic E-state index is 0.145. The number of benzene rings is 1. The van der Waals surface area contributed by atoms with Crippen LogP contribution in [0.5, 0.6) is 11.5 Å². The Kier molecular flexibility index (Phi) is 5.28. The van der Waals surface area contributed by atoms with E-state index in [1.165, 1.54) is 0 Å². The molecule has 2 heterocycles. The molecular weight excluding hydrogens is 316 g/mol. The molecule has 3 rings (SSSR count). The molecule has 0 unspecified atom stereocenters. The molecule has 1 aromatic carbocycles. The smallest absolute Gasteiger partial charge is 0.227 e. The molecule has 6 heteroatoms. The second kappa shape index (κ2) is 7.41. The van der Waals surface area contributed by atoms with Crippen molar-refractivity contribution in [1.29, 1.82) is 0 Å². The monoisotopic (exact) mass is 338 g/mol. The van der Waals surface area contributed by atoms with Crippen molar-refractivity contribution in [2.24, 2.45) is 0 Å². The van der Waals surface area contributed by atoms with Gasteiger partial charge in [0.25, 0.3) is 0 Å². The zero-order valence-corrected chi connectivity index (χ0v) is 14.3. The second-order valence-electron chi connectivity index (χ2n) is 5.95. The Hall–Kier alpha value is -1.46. The summed E-state index contributed by atoms with van der Waals surface area (Å²) in [4.78, 5) is 16.8. The number of carbonyl (C=O) groups is 1. The van der Waals surface area contributed by atoms with Gasteiger partial charge in [0, 0.05) is 32.6 Å². The van der Waals surface area contributed by atoms with Crippen molar-refractivity contribution in [1.82, 2.24) is 9.80 Å². The molecule has 0 spiro atoms. The van der Waals surface area contributed by atoms with E-state index < -0.39 is 0 Å². The van der Waals surface area contributed by atoms with E-state index in [-0.39, 0.29) is 5.91 Å². The summed E-state index contributed by atoms with van der Waals surface area (Å²) in [5.41, 5.74) is 0.877. The zero-order valence-electron chi connectivity index (χ0n) is 13.5. The lowest BCUT2D eigenvalue weighted by Gasteiger charge is -2.34. The number of carbonyl (C=O) groups excluding carboxylic acids is 1. The average Bonchev–Trinajstić information content (AvgIpc) is 2.80. The highest BCUT2D eigenvalue weighted by molar-refractivity contribution is 6.32. The van der Waals surface area contributed by atoms with Gasteiger partial charge in [0.15, 0.2) is 11.5 Å². The summed E-state index contributed by atoms with van der Waals surface area (Å²) >= 11 is 6.29. The summed E-state index contributed by atoms with van der Waals surface area (Å²) in [5, 5.41) is 0.517. The molecule has 1 fully saturated rings. The summed E-state index contributed by atoms with van der Waals surface area (Å²) < 4.78 is 11.3. The predicted molar refractivity (Wildman–Crippen MR) is 89.5 cm³/mol. The average molecular weight is 339 g/mol. The Bertz CT molecular complexity index is 571. The molecule has 5 nitrogen and oxygen atoms in total. The number of hydrogen-bond donors (Lipinski definition) is 0. The van der Waals surface area contributed by atoms with Crippen molar-refractivity contribution in [3.05, 3.63) is 22.7 Å². The first kappa shape index (κ1) is 16.4. The van der Waals surface area contributed by atoms with E-state index in [1.54, 1.807) is 0 Å². The van der Waals surface area contributed by atoms with Crippen molar-refractivity contribution in [3.63, 3.8) is 0 Å². The van der Waals surface area contributed by atoms with E-state index in [9.17, 15) is 4.79 Å². The summed E-state index contributed by atoms with van der Waals surface area (Å²) in [6, 6.07) is 3.70. The molecule has 0 N–H and O–H groups in total. The van der Waals surface area contributed by atoms with Crippen LogP contribution in [0.25, 0.3) is 0 Å². The number of nitrogens with zero attached hydrogens (tertiary/aromatic N) is 2. The fraction of sp³-hybridized carbons (Fsp3) is 0.588. The van der Waals surface area contributed by atoms with Crippen molar-refractivity contribution in [3.8, 4) is 11.5 Å². The van der Waals surface area contributed by atoms with Crippen molar-refractivity contribution in [2.45, 2.75) is 19.8 Å². The Labute approximate surface area is 142 Å². The van der Waals surface area contributed by atoms with Crippen molar-refractivity contribution in [2.75, 3.05) is 45.9 Å². The largest absolute Gasteiger partial charge is 0.489 e. The number of piperazine rings is 1. The molecule has 1 aromatic rings. The number of fused-ring (bicyclic) bond motifs is 1. The second-order valence-corrected chi connectivity index (χ2v) is 6.35. The molecule has 0 bridgehead atoms. The highest BCUT2D eigenvalue weighted by Crippen LogP contribution is 2.38. The third-order valence-corrected chi connectivity index (χ3v) is 4.67. The molecule has 1 saturated heterocycles. The van der Waals surface area contributed by atoms with Crippen LogP contribution in [-0.4, -0.2) is 61.6 Å². The molecule has 23 heavy (non-hydrogen) atoms. The van der Waals surface area contributed by atoms with Crippen LogP contribution in [-0.2, 0) is 11.2 Å². The van der Waals surface area contributed by atoms with Gasteiger partial charge >= 0.3 is 0 Å². The van der Waals surface area contributed by atoms with Gasteiger partial charge in [-0.15, -0.1) is 0 Å². The summed E-state index contributed by atoms with van der Waals surface area (Å²) in [7, 11) is 0. The minimum Gasteiger partial charge on any atom is -0.489 e. The van der Waals surface area contributed by atoms with Crippen molar-refractivity contribution >= 4 is 17.5 Å². The Morgan fingerprint density at radius 1 is 1.17 bits per heavy atom. The van der Waals surface area contributed by atoms with Crippen LogP contribution in [0.3, 0.4) is 0 Å². The van der Waals surface area contributed by atoms with Crippen LogP contribution in [0, 0.1) is 0 Å². The number of hydrogen-bond acceptors (Lipinski definition) is 4. The van der Waals surface area contributed by atoms with Gasteiger partial charge in [-0.3, -0.25) is 4.79 Å². The fourth-order valence-electron chi connectivity index (χ4n) is 2.99. The molecule has 0 radical (unpaired) electrons. The third-order valence-electron chi connectivity index (χ3n) is 4.39. The third kappa shape index (κ3) is 3.90. The van der Waals surface area contributed by atoms with Gasteiger partial charge in [0.05, 0.1) is 24.7 Å². The Morgan fingerprint density at radius 2 is 1.91 bits per heavy atom. The highest BCUT2D eigenvalue weighted by atomic mass is 35.5. The van der Waals surface area contributed by atoms with Crippen LogP contribution < -0.4 is 9.47 Å². The van der Waals surface area contributed by atoms with Crippen LogP contribution in [0.2, 0.25) is 5.02 Å². The van der Waals surface area contributed by atoms with Crippen molar-refractivity contribution < 1.29 is 14.3 Å². The Morgan fingerprint density at radius 3 is 2.65 bits per heavy atom. The predicted octanol–water partition coefficient (Wildman–Crippen LogP) is 2.21. The first-order valence-electron chi connectivity index (χ1n) is 8.25. The Balaban J connectivity index is 1.67. The molecule has 126 valence electrons. The van der Waals surface area contributed by atoms with Gasteiger partial charge in [0.1, 0.15) is 0 Å². The van der Waals surface area contributed by atoms with Gasteiger partial charge in [-0.25, -0.2) is 0 Å². The number of ether oxygens (including phenoxy) is 2. The molecule has 2 aliphatic rings. The minimum atomic E-state index is 0.145. The SMILES string of the molecule is CCN1CCN(C(=O)Cc2cc(Cl)c3c(c2)OCCCO3)CC1. The van der Waals surface area contributed by atoms with Gasteiger partial charge < -0.3 is 19.3 Å². The molecule has 1 amide bonds. The molecule has 0 atom stereocenters. The van der Waals surface area contributed by atoms with E-state index in [0.717, 1.165) is 44.7 Å². The molecular formula is C17H23ClN2O3. The van der Waals surface area contributed by atoms with Gasteiger partial charge in [0.2, 0.25) is 5.91 Å². The topological polar surface area (TPSA) is 42.0 Å². The van der Waals surface area contributed by atoms with E-state index in [0.29, 0.717) is 36.2 Å². The highest BCUT2D eigenvalue weighted by Gasteiger charge is 2.22. The molecule has 0 aromatic heterocycles. The van der Waals surface area contributed by atoms with Crippen LogP contribution in [0.15, 0.2) is 12.1 Å². The van der Waals surface area contributed by atoms with Gasteiger partial charge in [-0.05, 0) is 24.2 Å². The lowest BCUT2D eigenvalue weighted by molar-refractivity contribution is -0.132. The van der Waals surface area contributed by atoms with E-state index >= 15 is 0 Å². The van der Waals surface area contributed by atoms with Gasteiger partial charge in [-0.1, -0.05) is 18.5 Å². The first-order chi connectivity index (χ1) is 11.2. The van der Waals surface area contributed by atoms with Crippen LogP contribution in [0.1, 0.15) is 18.9 Å². The summed E-state index contributed by atoms with van der Waals surface area (Å²) in [5.74, 6) is 1.39.